The van der Waals surface area contributed by atoms with Crippen molar-refractivity contribution in [3.8, 4) is 5.82 Å². The van der Waals surface area contributed by atoms with E-state index >= 15 is 0 Å². The van der Waals surface area contributed by atoms with Crippen LogP contribution in [0.5, 0.6) is 0 Å². The van der Waals surface area contributed by atoms with Gasteiger partial charge in [0.25, 0.3) is 5.91 Å². The lowest BCUT2D eigenvalue weighted by Crippen LogP contribution is -2.27. The monoisotopic (exact) mass is 442 g/mol. The predicted octanol–water partition coefficient (Wildman–Crippen LogP) is 5.39. The smallest absolute Gasteiger partial charge is 0.345 e. The topological polar surface area (TPSA) is 59.8 Å². The molecule has 5 nitrogen and oxygen atoms in total. The number of halogens is 5. The molecule has 1 amide bonds. The number of alkyl halides is 3. The molecule has 0 aliphatic heterocycles. The summed E-state index contributed by atoms with van der Waals surface area (Å²) in [6, 6.07) is 6.81. The molecule has 1 unspecified atom stereocenters. The molecule has 3 rings (SSSR count). The molecule has 0 saturated heterocycles. The second-order valence-corrected chi connectivity index (χ2v) is 7.14. The summed E-state index contributed by atoms with van der Waals surface area (Å²) >= 11 is 11.9. The summed E-state index contributed by atoms with van der Waals surface area (Å²) in [7, 11) is 0. The van der Waals surface area contributed by atoms with Crippen LogP contribution in [0.3, 0.4) is 0 Å². The SMILES string of the molecule is Cc1c(C(=O)NC(C)c2ccc(Cl)c(Cl)c2)cnn1-c1ccc(C(F)(F)F)cn1. The van der Waals surface area contributed by atoms with Gasteiger partial charge in [0, 0.05) is 6.20 Å². The van der Waals surface area contributed by atoms with Crippen molar-refractivity contribution in [3.05, 3.63) is 75.2 Å². The number of rotatable bonds is 4. The first-order valence-electron chi connectivity index (χ1n) is 8.42. The fourth-order valence-electron chi connectivity index (χ4n) is 2.68. The first kappa shape index (κ1) is 21.1. The van der Waals surface area contributed by atoms with Gasteiger partial charge in [-0.1, -0.05) is 29.3 Å². The Morgan fingerprint density at radius 2 is 1.86 bits per heavy atom. The van der Waals surface area contributed by atoms with Gasteiger partial charge in [0.2, 0.25) is 0 Å². The van der Waals surface area contributed by atoms with Crippen molar-refractivity contribution >= 4 is 29.1 Å². The maximum Gasteiger partial charge on any atom is 0.417 e. The van der Waals surface area contributed by atoms with Crippen molar-refractivity contribution in [1.29, 1.82) is 0 Å². The first-order valence-corrected chi connectivity index (χ1v) is 9.17. The molecule has 2 heterocycles. The zero-order valence-corrected chi connectivity index (χ0v) is 16.8. The van der Waals surface area contributed by atoms with Gasteiger partial charge in [-0.15, -0.1) is 0 Å². The molecule has 0 fully saturated rings. The van der Waals surface area contributed by atoms with Crippen LogP contribution in [0.15, 0.2) is 42.7 Å². The molecule has 0 aliphatic carbocycles. The number of carbonyl (C=O) groups excluding carboxylic acids is 1. The molecule has 2 aromatic heterocycles. The molecular formula is C19H15Cl2F3N4O. The Balaban J connectivity index is 1.79. The van der Waals surface area contributed by atoms with Gasteiger partial charge in [-0.3, -0.25) is 4.79 Å². The largest absolute Gasteiger partial charge is 0.417 e. The standard InChI is InChI=1S/C19H15Cl2F3N4O/c1-10(12-3-5-15(20)16(21)7-12)27-18(29)14-9-26-28(11(14)2)17-6-4-13(8-25-17)19(22,23)24/h3-10H,1-2H3,(H,27,29). The lowest BCUT2D eigenvalue weighted by molar-refractivity contribution is -0.137. The molecule has 1 N–H and O–H groups in total. The van der Waals surface area contributed by atoms with E-state index in [1.165, 1.54) is 16.9 Å². The fourth-order valence-corrected chi connectivity index (χ4v) is 2.99. The van der Waals surface area contributed by atoms with Crippen molar-refractivity contribution in [2.45, 2.75) is 26.1 Å². The molecule has 29 heavy (non-hydrogen) atoms. The Hall–Kier alpha value is -2.58. The van der Waals surface area contributed by atoms with Gasteiger partial charge < -0.3 is 5.32 Å². The molecule has 3 aromatic rings. The number of aromatic nitrogens is 3. The number of hydrogen-bond acceptors (Lipinski definition) is 3. The summed E-state index contributed by atoms with van der Waals surface area (Å²) < 4.78 is 39.4. The minimum atomic E-state index is -4.48. The first-order chi connectivity index (χ1) is 13.6. The molecule has 0 bridgehead atoms. The molecule has 0 saturated carbocycles. The summed E-state index contributed by atoms with van der Waals surface area (Å²) in [6.45, 7) is 3.42. The summed E-state index contributed by atoms with van der Waals surface area (Å²) in [6.07, 6.45) is -2.41. The van der Waals surface area contributed by atoms with Gasteiger partial charge in [0.05, 0.1) is 39.1 Å². The van der Waals surface area contributed by atoms with E-state index in [0.717, 1.165) is 17.8 Å². The number of carbonyl (C=O) groups is 1. The lowest BCUT2D eigenvalue weighted by Gasteiger charge is -2.15. The molecule has 1 aromatic carbocycles. The van der Waals surface area contributed by atoms with E-state index in [0.29, 0.717) is 15.7 Å². The van der Waals surface area contributed by atoms with Crippen molar-refractivity contribution in [3.63, 3.8) is 0 Å². The minimum Gasteiger partial charge on any atom is -0.345 e. The van der Waals surface area contributed by atoms with Gasteiger partial charge in [0.15, 0.2) is 5.82 Å². The number of nitrogens with one attached hydrogen (secondary N) is 1. The van der Waals surface area contributed by atoms with Crippen LogP contribution in [0.25, 0.3) is 5.82 Å². The van der Waals surface area contributed by atoms with E-state index in [1.54, 1.807) is 32.0 Å². The highest BCUT2D eigenvalue weighted by Crippen LogP contribution is 2.29. The Morgan fingerprint density at radius 3 is 2.45 bits per heavy atom. The van der Waals surface area contributed by atoms with E-state index < -0.39 is 11.7 Å². The van der Waals surface area contributed by atoms with Crippen LogP contribution < -0.4 is 5.32 Å². The van der Waals surface area contributed by atoms with E-state index in [2.05, 4.69) is 15.4 Å². The van der Waals surface area contributed by atoms with Crippen LogP contribution in [-0.2, 0) is 6.18 Å². The van der Waals surface area contributed by atoms with Gasteiger partial charge in [-0.05, 0) is 43.7 Å². The highest BCUT2D eigenvalue weighted by atomic mass is 35.5. The second kappa shape index (κ2) is 8.04. The second-order valence-electron chi connectivity index (χ2n) is 6.33. The average Bonchev–Trinajstić information content (AvgIpc) is 3.04. The summed E-state index contributed by atoms with van der Waals surface area (Å²) in [5.41, 5.74) is 0.622. The highest BCUT2D eigenvalue weighted by Gasteiger charge is 2.31. The summed E-state index contributed by atoms with van der Waals surface area (Å²) in [4.78, 5) is 16.4. The average molecular weight is 443 g/mol. The van der Waals surface area contributed by atoms with Crippen LogP contribution in [0.4, 0.5) is 13.2 Å². The van der Waals surface area contributed by atoms with Crippen molar-refractivity contribution < 1.29 is 18.0 Å². The van der Waals surface area contributed by atoms with E-state index in [1.807, 2.05) is 0 Å². The summed E-state index contributed by atoms with van der Waals surface area (Å²) in [5.74, 6) is -0.216. The lowest BCUT2D eigenvalue weighted by atomic mass is 10.1. The highest BCUT2D eigenvalue weighted by molar-refractivity contribution is 6.42. The van der Waals surface area contributed by atoms with Crippen LogP contribution in [0.1, 0.15) is 40.1 Å². The van der Waals surface area contributed by atoms with E-state index in [4.69, 9.17) is 23.2 Å². The van der Waals surface area contributed by atoms with Crippen molar-refractivity contribution in [1.82, 2.24) is 20.1 Å². The van der Waals surface area contributed by atoms with Crippen LogP contribution in [0, 0.1) is 6.92 Å². The molecule has 0 radical (unpaired) electrons. The van der Waals surface area contributed by atoms with Crippen LogP contribution in [0.2, 0.25) is 10.0 Å². The summed E-state index contributed by atoms with van der Waals surface area (Å²) in [5, 5.41) is 7.70. The molecule has 152 valence electrons. The molecular weight excluding hydrogens is 428 g/mol. The third-order valence-corrected chi connectivity index (χ3v) is 5.08. The van der Waals surface area contributed by atoms with Gasteiger partial charge >= 0.3 is 6.18 Å². The van der Waals surface area contributed by atoms with E-state index in [-0.39, 0.29) is 23.3 Å². The van der Waals surface area contributed by atoms with E-state index in [9.17, 15) is 18.0 Å². The number of benzene rings is 1. The maximum atomic E-state index is 12.7. The molecule has 0 spiro atoms. The zero-order valence-electron chi connectivity index (χ0n) is 15.3. The number of amides is 1. The fraction of sp³-hybridized carbons (Fsp3) is 0.211. The Kier molecular flexibility index (Phi) is 5.86. The van der Waals surface area contributed by atoms with Crippen molar-refractivity contribution in [2.75, 3.05) is 0 Å². The Morgan fingerprint density at radius 1 is 1.14 bits per heavy atom. The van der Waals surface area contributed by atoms with Crippen LogP contribution in [-0.4, -0.2) is 20.7 Å². The number of hydrogen-bond donors (Lipinski definition) is 1. The van der Waals surface area contributed by atoms with Gasteiger partial charge in [0.1, 0.15) is 0 Å². The molecule has 0 aliphatic rings. The predicted molar refractivity (Wildman–Crippen MR) is 103 cm³/mol. The zero-order chi connectivity index (χ0) is 21.3. The Bertz CT molecular complexity index is 1050. The quantitative estimate of drug-likeness (QED) is 0.588. The maximum absolute atomic E-state index is 12.7. The van der Waals surface area contributed by atoms with Gasteiger partial charge in [-0.2, -0.15) is 18.3 Å². The van der Waals surface area contributed by atoms with Crippen molar-refractivity contribution in [2.24, 2.45) is 0 Å². The minimum absolute atomic E-state index is 0.173. The normalized spacial score (nSPS) is 12.7. The number of nitrogens with zero attached hydrogens (tertiary/aromatic N) is 3. The molecule has 10 heteroatoms. The number of pyridine rings is 1. The third-order valence-electron chi connectivity index (χ3n) is 4.34. The van der Waals surface area contributed by atoms with Gasteiger partial charge in [-0.25, -0.2) is 9.67 Å². The Labute approximate surface area is 174 Å². The molecule has 1 atom stereocenters. The third kappa shape index (κ3) is 4.54. The van der Waals surface area contributed by atoms with Crippen LogP contribution >= 0.6 is 23.2 Å².